The summed E-state index contributed by atoms with van der Waals surface area (Å²) in [5, 5.41) is 19.4. The van der Waals surface area contributed by atoms with Gasteiger partial charge < -0.3 is 21.1 Å². The van der Waals surface area contributed by atoms with Gasteiger partial charge in [0.1, 0.15) is 5.75 Å². The van der Waals surface area contributed by atoms with Crippen molar-refractivity contribution in [2.45, 2.75) is 38.3 Å². The van der Waals surface area contributed by atoms with Crippen molar-refractivity contribution in [3.05, 3.63) is 107 Å². The van der Waals surface area contributed by atoms with E-state index in [1.165, 1.54) is 11.6 Å². The first-order valence-corrected chi connectivity index (χ1v) is 12.8. The van der Waals surface area contributed by atoms with Gasteiger partial charge in [0.2, 0.25) is 11.8 Å². The Morgan fingerprint density at radius 3 is 2.57 bits per heavy atom. The van der Waals surface area contributed by atoms with Crippen LogP contribution in [0, 0.1) is 5.92 Å². The van der Waals surface area contributed by atoms with Crippen LogP contribution in [0.5, 0.6) is 5.75 Å². The second-order valence-electron chi connectivity index (χ2n) is 9.42. The molecule has 0 saturated heterocycles. The van der Waals surface area contributed by atoms with E-state index in [2.05, 4.69) is 28.6 Å². The Kier molecular flexibility index (Phi) is 8.51. The lowest BCUT2D eigenvalue weighted by Gasteiger charge is -2.27. The van der Waals surface area contributed by atoms with Crippen LogP contribution in [-0.4, -0.2) is 29.5 Å². The average Bonchev–Trinajstić information content (AvgIpc) is 3.31. The lowest BCUT2D eigenvalue weighted by Crippen LogP contribution is -2.46. The van der Waals surface area contributed by atoms with Crippen molar-refractivity contribution in [3.63, 3.8) is 0 Å². The van der Waals surface area contributed by atoms with Crippen molar-refractivity contribution >= 4 is 29.1 Å². The molecule has 3 atom stereocenters. The highest BCUT2D eigenvalue weighted by Gasteiger charge is 2.27. The van der Waals surface area contributed by atoms with Gasteiger partial charge >= 0.3 is 0 Å². The van der Waals surface area contributed by atoms with Gasteiger partial charge in [-0.15, -0.1) is 0 Å². The number of benzene rings is 3. The number of fused-ring (bicyclic) bond motifs is 1. The highest BCUT2D eigenvalue weighted by atomic mass is 35.5. The Bertz CT molecular complexity index is 1280. The summed E-state index contributed by atoms with van der Waals surface area (Å²) in [6.45, 7) is 5.82. The number of phenols is 1. The van der Waals surface area contributed by atoms with Gasteiger partial charge in [0.15, 0.2) is 0 Å². The summed E-state index contributed by atoms with van der Waals surface area (Å²) in [5.74, 6) is -0.993. The van der Waals surface area contributed by atoms with E-state index in [0.29, 0.717) is 17.7 Å². The summed E-state index contributed by atoms with van der Waals surface area (Å²) in [6, 6.07) is 22.5. The molecule has 4 N–H and O–H groups in total. The van der Waals surface area contributed by atoms with Gasteiger partial charge in [-0.1, -0.05) is 91.8 Å². The number of amides is 2. The quantitative estimate of drug-likeness (QED) is 0.312. The van der Waals surface area contributed by atoms with Gasteiger partial charge in [0.05, 0.1) is 23.5 Å². The standard InChI is InChI=1S/C30H32ClN3O3/c1-19(30(37)32-18-28(36)34-25-16-15-22-11-6-7-12-24(22)25)26(17-21-9-4-3-5-10-21)33-20(2)23-13-8-14-27(35)29(23)31/h3-14,19,25-26,33,35H,2,15-18H2,1H3,(H,32,37)(H,34,36)/t19-,25-,26-/m0/s1. The molecule has 7 heteroatoms. The highest BCUT2D eigenvalue weighted by molar-refractivity contribution is 6.33. The molecule has 0 heterocycles. The number of carbonyl (C=O) groups is 2. The molecule has 2 amide bonds. The minimum absolute atomic E-state index is 0.0270. The van der Waals surface area contributed by atoms with Crippen LogP contribution in [-0.2, 0) is 22.4 Å². The Labute approximate surface area is 222 Å². The van der Waals surface area contributed by atoms with E-state index in [9.17, 15) is 14.7 Å². The minimum Gasteiger partial charge on any atom is -0.506 e. The van der Waals surface area contributed by atoms with Crippen LogP contribution in [0.15, 0.2) is 79.4 Å². The predicted molar refractivity (Wildman–Crippen MR) is 147 cm³/mol. The molecule has 3 aromatic carbocycles. The first kappa shape index (κ1) is 26.3. The number of phenolic OH excluding ortho intramolecular Hbond substituents is 1. The van der Waals surface area contributed by atoms with E-state index < -0.39 is 5.92 Å². The fraction of sp³-hybridized carbons (Fsp3) is 0.267. The normalized spacial score (nSPS) is 15.8. The SMILES string of the molecule is C=C(N[C@@H](Cc1ccccc1)[C@H](C)C(=O)NCC(=O)N[C@H]1CCc2ccccc21)c1cccc(O)c1Cl. The number of halogens is 1. The van der Waals surface area contributed by atoms with Crippen LogP contribution < -0.4 is 16.0 Å². The van der Waals surface area contributed by atoms with E-state index in [4.69, 9.17) is 11.6 Å². The molecular weight excluding hydrogens is 486 g/mol. The Morgan fingerprint density at radius 2 is 1.78 bits per heavy atom. The summed E-state index contributed by atoms with van der Waals surface area (Å²) in [6.07, 6.45) is 2.35. The summed E-state index contributed by atoms with van der Waals surface area (Å²) in [5.41, 5.74) is 4.51. The molecule has 192 valence electrons. The van der Waals surface area contributed by atoms with Crippen LogP contribution in [0.1, 0.15) is 41.6 Å². The van der Waals surface area contributed by atoms with Gasteiger partial charge in [0, 0.05) is 17.3 Å². The third-order valence-corrected chi connectivity index (χ3v) is 7.27. The second-order valence-corrected chi connectivity index (χ2v) is 9.80. The molecule has 1 aliphatic rings. The first-order chi connectivity index (χ1) is 17.8. The number of aromatic hydroxyl groups is 1. The molecule has 37 heavy (non-hydrogen) atoms. The van der Waals surface area contributed by atoms with E-state index in [-0.39, 0.29) is 41.2 Å². The van der Waals surface area contributed by atoms with Crippen molar-refractivity contribution in [1.82, 2.24) is 16.0 Å². The largest absolute Gasteiger partial charge is 0.506 e. The predicted octanol–water partition coefficient (Wildman–Crippen LogP) is 4.77. The fourth-order valence-corrected chi connectivity index (χ4v) is 4.98. The lowest BCUT2D eigenvalue weighted by molar-refractivity contribution is -0.129. The molecular formula is C30H32ClN3O3. The smallest absolute Gasteiger partial charge is 0.239 e. The summed E-state index contributed by atoms with van der Waals surface area (Å²) < 4.78 is 0. The molecule has 0 radical (unpaired) electrons. The summed E-state index contributed by atoms with van der Waals surface area (Å²) >= 11 is 6.29. The van der Waals surface area contributed by atoms with Crippen LogP contribution in [0.2, 0.25) is 5.02 Å². The van der Waals surface area contributed by atoms with Crippen molar-refractivity contribution in [1.29, 1.82) is 0 Å². The molecule has 6 nitrogen and oxygen atoms in total. The lowest BCUT2D eigenvalue weighted by atomic mass is 9.93. The summed E-state index contributed by atoms with van der Waals surface area (Å²) in [4.78, 5) is 25.8. The van der Waals surface area contributed by atoms with Crippen molar-refractivity contribution < 1.29 is 14.7 Å². The molecule has 3 aromatic rings. The molecule has 0 spiro atoms. The molecule has 1 aliphatic carbocycles. The van der Waals surface area contributed by atoms with E-state index in [0.717, 1.165) is 24.0 Å². The van der Waals surface area contributed by atoms with Gasteiger partial charge in [-0.25, -0.2) is 0 Å². The van der Waals surface area contributed by atoms with Crippen molar-refractivity contribution in [3.8, 4) is 5.75 Å². The van der Waals surface area contributed by atoms with Crippen molar-refractivity contribution in [2.75, 3.05) is 6.54 Å². The number of nitrogens with one attached hydrogen (secondary N) is 3. The number of hydrogen-bond acceptors (Lipinski definition) is 4. The topological polar surface area (TPSA) is 90.5 Å². The Hall–Kier alpha value is -3.77. The van der Waals surface area contributed by atoms with E-state index in [1.807, 2.05) is 55.5 Å². The van der Waals surface area contributed by atoms with Crippen LogP contribution in [0.4, 0.5) is 0 Å². The maximum Gasteiger partial charge on any atom is 0.239 e. The van der Waals surface area contributed by atoms with E-state index >= 15 is 0 Å². The van der Waals surface area contributed by atoms with Crippen LogP contribution in [0.25, 0.3) is 5.70 Å². The second kappa shape index (κ2) is 12.0. The molecule has 0 aromatic heterocycles. The van der Waals surface area contributed by atoms with Crippen molar-refractivity contribution in [2.24, 2.45) is 5.92 Å². The van der Waals surface area contributed by atoms with Gasteiger partial charge in [0.25, 0.3) is 0 Å². The molecule has 0 unspecified atom stereocenters. The first-order valence-electron chi connectivity index (χ1n) is 12.5. The molecule has 0 fully saturated rings. The zero-order chi connectivity index (χ0) is 26.4. The van der Waals surface area contributed by atoms with Crippen LogP contribution >= 0.6 is 11.6 Å². The third-order valence-electron chi connectivity index (χ3n) is 6.87. The maximum atomic E-state index is 13.1. The van der Waals surface area contributed by atoms with Gasteiger partial charge in [-0.3, -0.25) is 9.59 Å². The third kappa shape index (κ3) is 6.52. The van der Waals surface area contributed by atoms with Gasteiger partial charge in [-0.2, -0.15) is 0 Å². The van der Waals surface area contributed by atoms with Gasteiger partial charge in [-0.05, 0) is 42.0 Å². The van der Waals surface area contributed by atoms with E-state index in [1.54, 1.807) is 12.1 Å². The maximum absolute atomic E-state index is 13.1. The van der Waals surface area contributed by atoms with Crippen LogP contribution in [0.3, 0.4) is 0 Å². The number of aryl methyl sites for hydroxylation is 1. The minimum atomic E-state index is -0.493. The summed E-state index contributed by atoms with van der Waals surface area (Å²) in [7, 11) is 0. The Balaban J connectivity index is 1.40. The molecule has 0 bridgehead atoms. The average molecular weight is 518 g/mol. The zero-order valence-corrected chi connectivity index (χ0v) is 21.6. The highest BCUT2D eigenvalue weighted by Crippen LogP contribution is 2.31. The Morgan fingerprint density at radius 1 is 1.05 bits per heavy atom. The number of carbonyl (C=O) groups excluding carboxylic acids is 2. The monoisotopic (exact) mass is 517 g/mol. The number of rotatable bonds is 10. The number of hydrogen-bond donors (Lipinski definition) is 4. The molecule has 4 rings (SSSR count). The fourth-order valence-electron chi connectivity index (χ4n) is 4.74. The molecule has 0 saturated carbocycles. The zero-order valence-electron chi connectivity index (χ0n) is 20.8. The molecule has 0 aliphatic heterocycles.